The molecule has 0 radical (unpaired) electrons. The summed E-state index contributed by atoms with van der Waals surface area (Å²) in [6.07, 6.45) is -4.66. The van der Waals surface area contributed by atoms with Crippen molar-refractivity contribution >= 4 is 34.3 Å². The third-order valence-corrected chi connectivity index (χ3v) is 7.95. The number of aliphatic hydroxyl groups is 1. The zero-order valence-corrected chi connectivity index (χ0v) is 24.2. The molecule has 0 fully saturated rings. The normalized spacial score (nSPS) is 17.5. The van der Waals surface area contributed by atoms with Gasteiger partial charge in [0.15, 0.2) is 11.6 Å². The largest absolute Gasteiger partial charge is 0.494 e. The summed E-state index contributed by atoms with van der Waals surface area (Å²) in [7, 11) is 1.15. The van der Waals surface area contributed by atoms with E-state index in [1.807, 2.05) is 5.32 Å². The van der Waals surface area contributed by atoms with Crippen LogP contribution in [0.4, 0.5) is 30.7 Å². The van der Waals surface area contributed by atoms with E-state index in [1.54, 1.807) is 0 Å². The maximum atomic E-state index is 14.7. The first-order valence-electron chi connectivity index (χ1n) is 13.0. The standard InChI is InChI=1S/C28H21ClF7N5O5/c1-26(24(37)43)10-46-22-14(26)7-17(39-21(22)13-3-4-15(30)19(31)18(13)29)27(44,28(34,35)36)9-38-23(42)11-5-12-8-41(25(32)33)40-20(12)16(6-11)45-2/h3-8,25,44H,9-10H2,1-2H3,(H2,37,43)(H,38,42)/t26-,27?/m0/s1. The molecule has 0 bridgehead atoms. The zero-order valence-electron chi connectivity index (χ0n) is 23.5. The zero-order chi connectivity index (χ0) is 33.9. The van der Waals surface area contributed by atoms with Crippen LogP contribution in [-0.2, 0) is 15.8 Å². The number of alkyl halides is 5. The minimum atomic E-state index is -5.56. The Hall–Kier alpha value is -4.64. The lowest BCUT2D eigenvalue weighted by Crippen LogP contribution is -2.51. The third kappa shape index (κ3) is 5.22. The number of carbonyl (C=O) groups is 2. The predicted octanol–water partition coefficient (Wildman–Crippen LogP) is 4.75. The van der Waals surface area contributed by atoms with Gasteiger partial charge in [0, 0.05) is 28.3 Å². The molecule has 4 N–H and O–H groups in total. The summed E-state index contributed by atoms with van der Waals surface area (Å²) < 4.78 is 110. The van der Waals surface area contributed by atoms with Crippen molar-refractivity contribution in [1.82, 2.24) is 20.1 Å². The van der Waals surface area contributed by atoms with Crippen molar-refractivity contribution < 1.29 is 54.9 Å². The number of ether oxygens (including phenoxy) is 2. The molecule has 0 saturated carbocycles. The molecule has 2 atom stereocenters. The van der Waals surface area contributed by atoms with E-state index in [1.165, 1.54) is 6.92 Å². The van der Waals surface area contributed by atoms with Crippen LogP contribution in [-0.4, -0.2) is 58.1 Å². The monoisotopic (exact) mass is 675 g/mol. The van der Waals surface area contributed by atoms with Crippen molar-refractivity contribution in [3.8, 4) is 22.8 Å². The second-order valence-corrected chi connectivity index (χ2v) is 10.9. The third-order valence-electron chi connectivity index (χ3n) is 7.58. The number of hydrogen-bond donors (Lipinski definition) is 3. The molecule has 0 saturated heterocycles. The van der Waals surface area contributed by atoms with Crippen molar-refractivity contribution in [3.05, 3.63) is 70.0 Å². The van der Waals surface area contributed by atoms with Gasteiger partial charge in [-0.3, -0.25) is 9.59 Å². The van der Waals surface area contributed by atoms with E-state index < -0.39 is 82.3 Å². The fourth-order valence-electron chi connectivity index (χ4n) is 4.85. The molecule has 1 aliphatic heterocycles. The van der Waals surface area contributed by atoms with E-state index in [0.717, 1.165) is 31.5 Å². The number of fused-ring (bicyclic) bond motifs is 2. The average Bonchev–Trinajstić information content (AvgIpc) is 3.59. The second kappa shape index (κ2) is 11.3. The van der Waals surface area contributed by atoms with Gasteiger partial charge in [-0.1, -0.05) is 11.6 Å². The van der Waals surface area contributed by atoms with Crippen LogP contribution in [0.3, 0.4) is 0 Å². The number of nitrogens with zero attached hydrogens (tertiary/aromatic N) is 3. The highest BCUT2D eigenvalue weighted by Gasteiger charge is 2.58. The Labute approximate surface area is 258 Å². The van der Waals surface area contributed by atoms with Crippen molar-refractivity contribution in [3.63, 3.8) is 0 Å². The summed E-state index contributed by atoms with van der Waals surface area (Å²) in [4.78, 5) is 29.3. The number of methoxy groups -OCH3 is 1. The van der Waals surface area contributed by atoms with Gasteiger partial charge in [0.1, 0.15) is 34.7 Å². The topological polar surface area (TPSA) is 142 Å². The highest BCUT2D eigenvalue weighted by atomic mass is 35.5. The first-order chi connectivity index (χ1) is 21.4. The molecule has 0 aliphatic carbocycles. The highest BCUT2D eigenvalue weighted by Crippen LogP contribution is 2.49. The van der Waals surface area contributed by atoms with Crippen LogP contribution >= 0.6 is 11.6 Å². The van der Waals surface area contributed by atoms with Gasteiger partial charge in [-0.2, -0.15) is 27.1 Å². The van der Waals surface area contributed by atoms with Crippen molar-refractivity contribution in [1.29, 1.82) is 0 Å². The lowest BCUT2D eigenvalue weighted by atomic mass is 9.81. The molecule has 0 spiro atoms. The van der Waals surface area contributed by atoms with Crippen LogP contribution in [0, 0.1) is 11.6 Å². The molecule has 1 aliphatic rings. The number of pyridine rings is 1. The Morgan fingerprint density at radius 3 is 2.54 bits per heavy atom. The molecule has 4 aromatic rings. The van der Waals surface area contributed by atoms with Crippen LogP contribution in [0.1, 0.15) is 35.1 Å². The van der Waals surface area contributed by atoms with Crippen molar-refractivity contribution in [2.24, 2.45) is 5.73 Å². The summed E-state index contributed by atoms with van der Waals surface area (Å²) in [5.74, 6) is -5.63. The van der Waals surface area contributed by atoms with Gasteiger partial charge in [0.2, 0.25) is 11.5 Å². The summed E-state index contributed by atoms with van der Waals surface area (Å²) in [6, 6.07) is 4.35. The molecule has 2 amide bonds. The Morgan fingerprint density at radius 1 is 1.24 bits per heavy atom. The summed E-state index contributed by atoms with van der Waals surface area (Å²) in [6.45, 7) is -3.85. The smallest absolute Gasteiger partial charge is 0.424 e. The predicted molar refractivity (Wildman–Crippen MR) is 146 cm³/mol. The van der Waals surface area contributed by atoms with E-state index in [9.17, 15) is 45.4 Å². The molecule has 5 rings (SSSR count). The fourth-order valence-corrected chi connectivity index (χ4v) is 5.09. The van der Waals surface area contributed by atoms with Crippen molar-refractivity contribution in [2.45, 2.75) is 30.7 Å². The molecular formula is C28H21ClF7N5O5. The summed E-state index contributed by atoms with van der Waals surface area (Å²) in [5.41, 5.74) is -3.10. The molecule has 244 valence electrons. The van der Waals surface area contributed by atoms with Crippen molar-refractivity contribution in [2.75, 3.05) is 20.3 Å². The quantitative estimate of drug-likeness (QED) is 0.181. The number of rotatable bonds is 8. The molecule has 18 heteroatoms. The molecule has 2 aromatic carbocycles. The van der Waals surface area contributed by atoms with Gasteiger partial charge >= 0.3 is 12.7 Å². The number of halogens is 8. The van der Waals surface area contributed by atoms with Gasteiger partial charge in [-0.15, -0.1) is 0 Å². The van der Waals surface area contributed by atoms with Crippen LogP contribution in [0.2, 0.25) is 5.02 Å². The number of hydrogen-bond acceptors (Lipinski definition) is 7. The van der Waals surface area contributed by atoms with E-state index in [0.29, 0.717) is 12.1 Å². The van der Waals surface area contributed by atoms with Crippen LogP contribution in [0.15, 0.2) is 36.5 Å². The lowest BCUT2D eigenvalue weighted by molar-refractivity contribution is -0.265. The average molecular weight is 676 g/mol. The summed E-state index contributed by atoms with van der Waals surface area (Å²) >= 11 is 5.98. The minimum Gasteiger partial charge on any atom is -0.494 e. The van der Waals surface area contributed by atoms with Gasteiger partial charge in [-0.25, -0.2) is 18.4 Å². The van der Waals surface area contributed by atoms with Crippen LogP contribution in [0.5, 0.6) is 11.5 Å². The van der Waals surface area contributed by atoms with E-state index in [-0.39, 0.29) is 38.2 Å². The molecule has 10 nitrogen and oxygen atoms in total. The Morgan fingerprint density at radius 2 is 1.93 bits per heavy atom. The molecule has 46 heavy (non-hydrogen) atoms. The van der Waals surface area contributed by atoms with E-state index >= 15 is 0 Å². The maximum absolute atomic E-state index is 14.7. The first kappa shape index (κ1) is 32.7. The number of nitrogens with two attached hydrogens (primary N) is 1. The molecular weight excluding hydrogens is 655 g/mol. The van der Waals surface area contributed by atoms with Crippen LogP contribution in [0.25, 0.3) is 22.2 Å². The minimum absolute atomic E-state index is 0.00467. The molecule has 2 aromatic heterocycles. The van der Waals surface area contributed by atoms with Gasteiger partial charge < -0.3 is 25.6 Å². The maximum Gasteiger partial charge on any atom is 0.424 e. The van der Waals surface area contributed by atoms with E-state index in [2.05, 4.69) is 10.1 Å². The molecule has 3 heterocycles. The number of carbonyl (C=O) groups excluding carboxylic acids is 2. The Bertz CT molecular complexity index is 1900. The Kier molecular flexibility index (Phi) is 8.05. The van der Waals surface area contributed by atoms with E-state index in [4.69, 9.17) is 26.8 Å². The summed E-state index contributed by atoms with van der Waals surface area (Å²) in [5, 5.41) is 15.9. The van der Waals surface area contributed by atoms with Gasteiger partial charge in [-0.05, 0) is 37.3 Å². The highest BCUT2D eigenvalue weighted by molar-refractivity contribution is 6.33. The Balaban J connectivity index is 1.61. The van der Waals surface area contributed by atoms with Gasteiger partial charge in [0.05, 0.1) is 24.4 Å². The second-order valence-electron chi connectivity index (χ2n) is 10.5. The SMILES string of the molecule is COc1cc(C(=O)NCC(O)(c2cc3c(c(-c4ccc(F)c(F)c4Cl)n2)OC[C@]3(C)C(N)=O)C(F)(F)F)cc2cn(C(F)F)nc12. The number of aromatic nitrogens is 3. The fraction of sp³-hybridized carbons (Fsp3) is 0.286. The number of benzene rings is 2. The number of primary amides is 1. The number of nitrogens with one attached hydrogen (secondary N) is 1. The number of amides is 2. The lowest BCUT2D eigenvalue weighted by Gasteiger charge is -2.31. The van der Waals surface area contributed by atoms with Crippen LogP contribution < -0.4 is 20.5 Å². The first-order valence-corrected chi connectivity index (χ1v) is 13.4. The molecule has 1 unspecified atom stereocenters. The van der Waals surface area contributed by atoms with Gasteiger partial charge in [0.25, 0.3) is 5.91 Å².